The third kappa shape index (κ3) is 1.97. The summed E-state index contributed by atoms with van der Waals surface area (Å²) < 4.78 is 5.57. The van der Waals surface area contributed by atoms with E-state index >= 15 is 0 Å². The number of oxazole rings is 1. The van der Waals surface area contributed by atoms with Crippen molar-refractivity contribution in [3.63, 3.8) is 0 Å². The van der Waals surface area contributed by atoms with Gasteiger partial charge in [-0.3, -0.25) is 0 Å². The van der Waals surface area contributed by atoms with Crippen molar-refractivity contribution in [2.75, 3.05) is 5.73 Å². The molecular weight excluding hydrogens is 247 g/mol. The topological polar surface area (TPSA) is 52.0 Å². The van der Waals surface area contributed by atoms with Gasteiger partial charge in [0, 0.05) is 6.42 Å². The minimum absolute atomic E-state index is 0.392. The Balaban J connectivity index is 2.60. The number of rotatable bonds is 2. The first-order valence-electron chi connectivity index (χ1n) is 5.02. The standard InChI is InChI=1S/C11H12Cl2N2O/c1-5(2)3-8-15-10-7(13)4-6(12)9(14)11(10)16-8/h4-5H,3,14H2,1-2H3. The molecule has 0 bridgehead atoms. The number of anilines is 1. The molecule has 0 aliphatic rings. The second-order valence-corrected chi connectivity index (χ2v) is 4.95. The molecule has 2 N–H and O–H groups in total. The molecular formula is C11H12Cl2N2O. The van der Waals surface area contributed by atoms with Crippen LogP contribution in [0.25, 0.3) is 11.1 Å². The maximum absolute atomic E-state index is 6.02. The zero-order valence-electron chi connectivity index (χ0n) is 9.05. The second-order valence-electron chi connectivity index (χ2n) is 4.14. The van der Waals surface area contributed by atoms with E-state index in [0.29, 0.717) is 38.6 Å². The van der Waals surface area contributed by atoms with E-state index < -0.39 is 0 Å². The number of nitrogen functional groups attached to an aromatic ring is 1. The van der Waals surface area contributed by atoms with Crippen LogP contribution >= 0.6 is 23.2 Å². The first-order valence-corrected chi connectivity index (χ1v) is 5.77. The van der Waals surface area contributed by atoms with Crippen LogP contribution in [-0.2, 0) is 6.42 Å². The van der Waals surface area contributed by atoms with Crippen molar-refractivity contribution in [3.05, 3.63) is 22.0 Å². The molecule has 1 aromatic carbocycles. The first kappa shape index (κ1) is 11.6. The van der Waals surface area contributed by atoms with Crippen LogP contribution in [0.4, 0.5) is 5.69 Å². The zero-order valence-corrected chi connectivity index (χ0v) is 10.6. The highest BCUT2D eigenvalue weighted by Gasteiger charge is 2.15. The zero-order chi connectivity index (χ0) is 11.9. The van der Waals surface area contributed by atoms with Crippen LogP contribution < -0.4 is 5.73 Å². The van der Waals surface area contributed by atoms with Crippen molar-refractivity contribution in [1.29, 1.82) is 0 Å². The predicted molar refractivity (Wildman–Crippen MR) is 67.0 cm³/mol. The molecule has 0 amide bonds. The molecule has 0 unspecified atom stereocenters. The van der Waals surface area contributed by atoms with Gasteiger partial charge in [0.2, 0.25) is 0 Å². The van der Waals surface area contributed by atoms with Gasteiger partial charge in [-0.1, -0.05) is 37.0 Å². The second kappa shape index (κ2) is 4.15. The molecule has 0 atom stereocenters. The first-order chi connectivity index (χ1) is 7.49. The van der Waals surface area contributed by atoms with Crippen LogP contribution in [0, 0.1) is 5.92 Å². The molecule has 2 aromatic rings. The van der Waals surface area contributed by atoms with Crippen molar-refractivity contribution in [1.82, 2.24) is 4.98 Å². The van der Waals surface area contributed by atoms with Crippen LogP contribution in [-0.4, -0.2) is 4.98 Å². The number of halogens is 2. The van der Waals surface area contributed by atoms with Crippen LogP contribution in [0.1, 0.15) is 19.7 Å². The lowest BCUT2D eigenvalue weighted by molar-refractivity contribution is 0.483. The minimum Gasteiger partial charge on any atom is -0.438 e. The van der Waals surface area contributed by atoms with E-state index in [1.807, 2.05) is 0 Å². The van der Waals surface area contributed by atoms with Crippen LogP contribution in [0.3, 0.4) is 0 Å². The van der Waals surface area contributed by atoms with Gasteiger partial charge < -0.3 is 10.2 Å². The van der Waals surface area contributed by atoms with Gasteiger partial charge in [-0.15, -0.1) is 0 Å². The predicted octanol–water partition coefficient (Wildman–Crippen LogP) is 3.92. The lowest BCUT2D eigenvalue weighted by Crippen LogP contribution is -1.93. The Morgan fingerprint density at radius 1 is 1.38 bits per heavy atom. The van der Waals surface area contributed by atoms with E-state index in [0.717, 1.165) is 6.42 Å². The fourth-order valence-electron chi connectivity index (χ4n) is 1.51. The molecule has 3 nitrogen and oxygen atoms in total. The Morgan fingerprint density at radius 3 is 2.69 bits per heavy atom. The number of nitrogens with zero attached hydrogens (tertiary/aromatic N) is 1. The average Bonchev–Trinajstić information content (AvgIpc) is 2.58. The van der Waals surface area contributed by atoms with Gasteiger partial charge in [0.15, 0.2) is 11.5 Å². The molecule has 16 heavy (non-hydrogen) atoms. The number of hydrogen-bond acceptors (Lipinski definition) is 3. The molecule has 0 fully saturated rings. The number of hydrogen-bond donors (Lipinski definition) is 1. The molecule has 86 valence electrons. The molecule has 0 aliphatic carbocycles. The van der Waals surface area contributed by atoms with Gasteiger partial charge in [0.25, 0.3) is 0 Å². The van der Waals surface area contributed by atoms with E-state index in [4.69, 9.17) is 33.4 Å². The van der Waals surface area contributed by atoms with E-state index in [-0.39, 0.29) is 0 Å². The van der Waals surface area contributed by atoms with E-state index in [1.165, 1.54) is 0 Å². The molecule has 0 saturated carbocycles. The summed E-state index contributed by atoms with van der Waals surface area (Å²) in [6.45, 7) is 4.18. The molecule has 5 heteroatoms. The Morgan fingerprint density at radius 2 is 2.06 bits per heavy atom. The average molecular weight is 259 g/mol. The smallest absolute Gasteiger partial charge is 0.195 e. The minimum atomic E-state index is 0.392. The van der Waals surface area contributed by atoms with Gasteiger partial charge in [0.05, 0.1) is 15.7 Å². The van der Waals surface area contributed by atoms with Crippen LogP contribution in [0.5, 0.6) is 0 Å². The van der Waals surface area contributed by atoms with E-state index in [1.54, 1.807) is 6.07 Å². The van der Waals surface area contributed by atoms with Crippen molar-refractivity contribution in [2.45, 2.75) is 20.3 Å². The van der Waals surface area contributed by atoms with Gasteiger partial charge in [0.1, 0.15) is 5.52 Å². The van der Waals surface area contributed by atoms with Crippen molar-refractivity contribution in [3.8, 4) is 0 Å². The third-order valence-electron chi connectivity index (χ3n) is 2.24. The SMILES string of the molecule is CC(C)Cc1nc2c(Cl)cc(Cl)c(N)c2o1. The summed E-state index contributed by atoms with van der Waals surface area (Å²) in [6.07, 6.45) is 0.752. The Bertz CT molecular complexity index is 534. The summed E-state index contributed by atoms with van der Waals surface area (Å²) in [4.78, 5) is 4.32. The van der Waals surface area contributed by atoms with Gasteiger partial charge in [-0.25, -0.2) is 4.98 Å². The number of benzene rings is 1. The van der Waals surface area contributed by atoms with Gasteiger partial charge in [-0.2, -0.15) is 0 Å². The highest BCUT2D eigenvalue weighted by atomic mass is 35.5. The highest BCUT2D eigenvalue weighted by molar-refractivity contribution is 6.40. The number of nitrogens with two attached hydrogens (primary N) is 1. The normalized spacial score (nSPS) is 11.6. The molecule has 1 heterocycles. The molecule has 0 aliphatic heterocycles. The lowest BCUT2D eigenvalue weighted by atomic mass is 10.1. The number of aromatic nitrogens is 1. The van der Waals surface area contributed by atoms with Crippen molar-refractivity contribution in [2.24, 2.45) is 5.92 Å². The summed E-state index contributed by atoms with van der Waals surface area (Å²) in [5.74, 6) is 1.10. The van der Waals surface area contributed by atoms with E-state index in [9.17, 15) is 0 Å². The third-order valence-corrected chi connectivity index (χ3v) is 2.84. The lowest BCUT2D eigenvalue weighted by Gasteiger charge is -1.98. The fourth-order valence-corrected chi connectivity index (χ4v) is 2.00. The summed E-state index contributed by atoms with van der Waals surface area (Å²) in [5, 5.41) is 0.859. The Labute approximate surface area is 104 Å². The maximum atomic E-state index is 6.02. The highest BCUT2D eigenvalue weighted by Crippen LogP contribution is 2.34. The summed E-state index contributed by atoms with van der Waals surface area (Å²) in [5.41, 5.74) is 7.26. The molecule has 1 aromatic heterocycles. The Kier molecular flexibility index (Phi) is 3.00. The van der Waals surface area contributed by atoms with Crippen LogP contribution in [0.2, 0.25) is 10.0 Å². The Hall–Kier alpha value is -0.930. The van der Waals surface area contributed by atoms with Crippen molar-refractivity contribution >= 4 is 40.0 Å². The molecule has 0 spiro atoms. The van der Waals surface area contributed by atoms with Gasteiger partial charge in [-0.05, 0) is 12.0 Å². The maximum Gasteiger partial charge on any atom is 0.195 e. The molecule has 0 radical (unpaired) electrons. The largest absolute Gasteiger partial charge is 0.438 e. The molecule has 2 rings (SSSR count). The summed E-state index contributed by atoms with van der Waals surface area (Å²) in [7, 11) is 0. The van der Waals surface area contributed by atoms with Gasteiger partial charge >= 0.3 is 0 Å². The number of fused-ring (bicyclic) bond motifs is 1. The quantitative estimate of drug-likeness (QED) is 0.831. The van der Waals surface area contributed by atoms with Crippen LogP contribution in [0.15, 0.2) is 10.5 Å². The summed E-state index contributed by atoms with van der Waals surface area (Å²) >= 11 is 11.9. The fraction of sp³-hybridized carbons (Fsp3) is 0.364. The van der Waals surface area contributed by atoms with Crippen molar-refractivity contribution < 1.29 is 4.42 Å². The molecule has 0 saturated heterocycles. The summed E-state index contributed by atoms with van der Waals surface area (Å²) in [6, 6.07) is 1.59. The monoisotopic (exact) mass is 258 g/mol. The van der Waals surface area contributed by atoms with E-state index in [2.05, 4.69) is 18.8 Å².